The van der Waals surface area contributed by atoms with Crippen molar-refractivity contribution in [1.82, 2.24) is 4.98 Å². The summed E-state index contributed by atoms with van der Waals surface area (Å²) >= 11 is 0. The summed E-state index contributed by atoms with van der Waals surface area (Å²) in [7, 11) is 0. The van der Waals surface area contributed by atoms with Gasteiger partial charge in [0.05, 0.1) is 17.5 Å². The van der Waals surface area contributed by atoms with Gasteiger partial charge in [0.2, 0.25) is 0 Å². The van der Waals surface area contributed by atoms with Crippen molar-refractivity contribution in [2.45, 2.75) is 0 Å². The van der Waals surface area contributed by atoms with Gasteiger partial charge in [-0.3, -0.25) is 0 Å². The van der Waals surface area contributed by atoms with Crippen molar-refractivity contribution in [3.8, 4) is 11.3 Å². The number of rotatable bonds is 1. The molecule has 2 aromatic heterocycles. The van der Waals surface area contributed by atoms with Crippen LogP contribution in [-0.2, 0) is 0 Å². The number of pyridine rings is 1. The molecule has 0 spiro atoms. The first-order valence-corrected chi connectivity index (χ1v) is 7.65. The molecule has 2 heteroatoms. The predicted molar refractivity (Wildman–Crippen MR) is 94.5 cm³/mol. The van der Waals surface area contributed by atoms with Crippen LogP contribution in [0.1, 0.15) is 0 Å². The highest BCUT2D eigenvalue weighted by molar-refractivity contribution is 6.08. The van der Waals surface area contributed by atoms with E-state index in [9.17, 15) is 0 Å². The Kier molecular flexibility index (Phi) is 2.53. The molecular weight excluding hydrogens is 282 g/mol. The molecule has 3 aromatic carbocycles. The SMILES string of the molecule is c1ccc2cc(-c3nc4ccccc4c4occc34)ccc2c1. The van der Waals surface area contributed by atoms with Crippen LogP contribution in [0.2, 0.25) is 0 Å². The molecule has 0 aliphatic rings. The maximum atomic E-state index is 5.74. The minimum atomic E-state index is 0.902. The molecule has 0 saturated heterocycles. The molecule has 0 atom stereocenters. The number of fused-ring (bicyclic) bond motifs is 4. The van der Waals surface area contributed by atoms with Crippen LogP contribution in [0, 0.1) is 0 Å². The second-order valence-corrected chi connectivity index (χ2v) is 5.70. The highest BCUT2D eigenvalue weighted by Gasteiger charge is 2.12. The van der Waals surface area contributed by atoms with Crippen molar-refractivity contribution in [3.05, 3.63) is 79.1 Å². The summed E-state index contributed by atoms with van der Waals surface area (Å²) in [6.07, 6.45) is 1.74. The van der Waals surface area contributed by atoms with Crippen molar-refractivity contribution >= 4 is 32.6 Å². The summed E-state index contributed by atoms with van der Waals surface area (Å²) in [6.45, 7) is 0. The Morgan fingerprint density at radius 1 is 0.696 bits per heavy atom. The molecule has 0 fully saturated rings. The van der Waals surface area contributed by atoms with E-state index in [2.05, 4.69) is 48.5 Å². The maximum Gasteiger partial charge on any atom is 0.145 e. The first-order chi connectivity index (χ1) is 11.4. The lowest BCUT2D eigenvalue weighted by molar-refractivity contribution is 0.619. The minimum absolute atomic E-state index is 0.902. The van der Waals surface area contributed by atoms with E-state index >= 15 is 0 Å². The van der Waals surface area contributed by atoms with Crippen molar-refractivity contribution in [2.24, 2.45) is 0 Å². The smallest absolute Gasteiger partial charge is 0.145 e. The zero-order valence-electron chi connectivity index (χ0n) is 12.4. The lowest BCUT2D eigenvalue weighted by Crippen LogP contribution is -1.87. The van der Waals surface area contributed by atoms with E-state index < -0.39 is 0 Å². The fourth-order valence-electron chi connectivity index (χ4n) is 3.20. The average molecular weight is 295 g/mol. The third-order valence-corrected chi connectivity index (χ3v) is 4.32. The van der Waals surface area contributed by atoms with Crippen LogP contribution in [0.5, 0.6) is 0 Å². The van der Waals surface area contributed by atoms with E-state index in [1.54, 1.807) is 6.26 Å². The van der Waals surface area contributed by atoms with Gasteiger partial charge in [-0.05, 0) is 35.0 Å². The van der Waals surface area contributed by atoms with E-state index in [0.29, 0.717) is 0 Å². The van der Waals surface area contributed by atoms with Gasteiger partial charge >= 0.3 is 0 Å². The standard InChI is InChI=1S/C21H13NO/c1-2-6-15-13-16(10-9-14(15)5-1)20-18-11-12-23-21(18)17-7-3-4-8-19(17)22-20/h1-13H. The van der Waals surface area contributed by atoms with E-state index in [-0.39, 0.29) is 0 Å². The van der Waals surface area contributed by atoms with Crippen LogP contribution in [-0.4, -0.2) is 4.98 Å². The van der Waals surface area contributed by atoms with Gasteiger partial charge in [-0.1, -0.05) is 48.5 Å². The maximum absolute atomic E-state index is 5.74. The normalized spacial score (nSPS) is 11.5. The Hall–Kier alpha value is -3.13. The average Bonchev–Trinajstić information content (AvgIpc) is 3.11. The molecule has 23 heavy (non-hydrogen) atoms. The fraction of sp³-hybridized carbons (Fsp3) is 0. The summed E-state index contributed by atoms with van der Waals surface area (Å²) in [6, 6.07) is 25.0. The molecule has 0 radical (unpaired) electrons. The number of para-hydroxylation sites is 1. The van der Waals surface area contributed by atoms with Gasteiger partial charge in [-0.2, -0.15) is 0 Å². The molecule has 0 unspecified atom stereocenters. The second-order valence-electron chi connectivity index (χ2n) is 5.70. The minimum Gasteiger partial charge on any atom is -0.464 e. The zero-order chi connectivity index (χ0) is 15.2. The number of aromatic nitrogens is 1. The number of hydrogen-bond acceptors (Lipinski definition) is 2. The molecule has 0 aliphatic carbocycles. The summed E-state index contributed by atoms with van der Waals surface area (Å²) in [5.41, 5.74) is 3.94. The Morgan fingerprint density at radius 2 is 1.52 bits per heavy atom. The topological polar surface area (TPSA) is 26.0 Å². The van der Waals surface area contributed by atoms with Gasteiger partial charge in [0, 0.05) is 16.3 Å². The summed E-state index contributed by atoms with van der Waals surface area (Å²) < 4.78 is 5.74. The van der Waals surface area contributed by atoms with Crippen molar-refractivity contribution in [3.63, 3.8) is 0 Å². The largest absolute Gasteiger partial charge is 0.464 e. The Balaban J connectivity index is 1.87. The third-order valence-electron chi connectivity index (χ3n) is 4.32. The monoisotopic (exact) mass is 295 g/mol. The number of nitrogens with zero attached hydrogens (tertiary/aromatic N) is 1. The Morgan fingerprint density at radius 3 is 2.48 bits per heavy atom. The summed E-state index contributed by atoms with van der Waals surface area (Å²) in [4.78, 5) is 4.89. The summed E-state index contributed by atoms with van der Waals surface area (Å²) in [5, 5.41) is 4.56. The second kappa shape index (κ2) is 4.68. The molecule has 2 heterocycles. The predicted octanol–water partition coefficient (Wildman–Crippen LogP) is 5.80. The van der Waals surface area contributed by atoms with Crippen LogP contribution < -0.4 is 0 Å². The van der Waals surface area contributed by atoms with Gasteiger partial charge in [0.1, 0.15) is 5.58 Å². The molecule has 2 nitrogen and oxygen atoms in total. The molecule has 0 bridgehead atoms. The van der Waals surface area contributed by atoms with Crippen LogP contribution in [0.25, 0.3) is 43.9 Å². The van der Waals surface area contributed by atoms with Gasteiger partial charge in [-0.25, -0.2) is 4.98 Å². The van der Waals surface area contributed by atoms with E-state index in [1.165, 1.54) is 10.8 Å². The van der Waals surface area contributed by atoms with Crippen molar-refractivity contribution < 1.29 is 4.42 Å². The zero-order valence-corrected chi connectivity index (χ0v) is 12.4. The molecule has 0 N–H and O–H groups in total. The molecule has 5 aromatic rings. The lowest BCUT2D eigenvalue weighted by atomic mass is 10.0. The first-order valence-electron chi connectivity index (χ1n) is 7.65. The highest BCUT2D eigenvalue weighted by atomic mass is 16.3. The van der Waals surface area contributed by atoms with Crippen LogP contribution >= 0.6 is 0 Å². The van der Waals surface area contributed by atoms with Crippen LogP contribution in [0.4, 0.5) is 0 Å². The lowest BCUT2D eigenvalue weighted by Gasteiger charge is -2.07. The molecule has 5 rings (SSSR count). The van der Waals surface area contributed by atoms with Crippen LogP contribution in [0.15, 0.2) is 83.5 Å². The quantitative estimate of drug-likeness (QED) is 0.390. The fourth-order valence-corrected chi connectivity index (χ4v) is 3.20. The van der Waals surface area contributed by atoms with Gasteiger partial charge in [0.15, 0.2) is 0 Å². The van der Waals surface area contributed by atoms with E-state index in [1.807, 2.05) is 24.3 Å². The number of hydrogen-bond donors (Lipinski definition) is 0. The van der Waals surface area contributed by atoms with Gasteiger partial charge in [-0.15, -0.1) is 0 Å². The van der Waals surface area contributed by atoms with Gasteiger partial charge < -0.3 is 4.42 Å². The van der Waals surface area contributed by atoms with E-state index in [4.69, 9.17) is 9.40 Å². The summed E-state index contributed by atoms with van der Waals surface area (Å²) in [5.74, 6) is 0. The van der Waals surface area contributed by atoms with Crippen LogP contribution in [0.3, 0.4) is 0 Å². The number of benzene rings is 3. The van der Waals surface area contributed by atoms with Crippen molar-refractivity contribution in [2.75, 3.05) is 0 Å². The van der Waals surface area contributed by atoms with Crippen molar-refractivity contribution in [1.29, 1.82) is 0 Å². The first kappa shape index (κ1) is 12.4. The van der Waals surface area contributed by atoms with Gasteiger partial charge in [0.25, 0.3) is 0 Å². The molecule has 108 valence electrons. The number of furan rings is 1. The molecule has 0 amide bonds. The molecular formula is C21H13NO. The Labute approximate surface area is 133 Å². The highest BCUT2D eigenvalue weighted by Crippen LogP contribution is 2.34. The third kappa shape index (κ3) is 1.85. The molecule has 0 saturated carbocycles. The van der Waals surface area contributed by atoms with E-state index in [0.717, 1.165) is 33.1 Å². The Bertz CT molecular complexity index is 1170. The molecule has 0 aliphatic heterocycles.